The fraction of sp³-hybridized carbons (Fsp3) is 0.105. The number of carbonyl (C=O) groups excluding carboxylic acids is 1. The number of pyridine rings is 1. The smallest absolute Gasteiger partial charge is 0.223 e. The Morgan fingerprint density at radius 2 is 2.12 bits per heavy atom. The second kappa shape index (κ2) is 7.92. The summed E-state index contributed by atoms with van der Waals surface area (Å²) in [6.45, 7) is 1.91. The Hall–Kier alpha value is -3.70. The van der Waals surface area contributed by atoms with Crippen molar-refractivity contribution in [2.24, 2.45) is 10.1 Å². The number of aromatic nitrogens is 1. The van der Waals surface area contributed by atoms with E-state index in [-0.39, 0.29) is 0 Å². The van der Waals surface area contributed by atoms with Crippen LogP contribution < -0.4 is 0 Å². The van der Waals surface area contributed by atoms with Gasteiger partial charge in [0.25, 0.3) is 0 Å². The number of benzene rings is 1. The molecule has 26 heavy (non-hydrogen) atoms. The third-order valence-corrected chi connectivity index (χ3v) is 3.62. The summed E-state index contributed by atoms with van der Waals surface area (Å²) in [5.41, 5.74) is 12.1. The molecular formula is C19H15N5O2. The van der Waals surface area contributed by atoms with E-state index in [2.05, 4.69) is 20.0 Å². The standard InChI is InChI=1S/C19H15N5O2/c1-13(9-14-4-6-16(7-5-14)23-24-20)10-17-18(12-25)26-19(22-17)15-3-2-8-21-11-15/h2-12,18H,1H3. The molecule has 1 unspecified atom stereocenters. The van der Waals surface area contributed by atoms with Gasteiger partial charge in [0.05, 0.1) is 11.3 Å². The number of hydrogen-bond donors (Lipinski definition) is 0. The highest BCUT2D eigenvalue weighted by atomic mass is 16.5. The normalized spacial score (nSPS) is 18.0. The van der Waals surface area contributed by atoms with Crippen LogP contribution in [0.5, 0.6) is 0 Å². The Bertz CT molecular complexity index is 940. The maximum absolute atomic E-state index is 11.3. The third kappa shape index (κ3) is 4.03. The number of nitrogens with zero attached hydrogens (tertiary/aromatic N) is 5. The molecule has 7 heteroatoms. The number of allylic oxidation sites excluding steroid dienone is 2. The number of hydrogen-bond acceptors (Lipinski definition) is 5. The van der Waals surface area contributed by atoms with E-state index in [0.717, 1.165) is 23.0 Å². The summed E-state index contributed by atoms with van der Waals surface area (Å²) < 4.78 is 5.60. The van der Waals surface area contributed by atoms with Gasteiger partial charge in [0.15, 0.2) is 12.4 Å². The summed E-state index contributed by atoms with van der Waals surface area (Å²) in [7, 11) is 0. The fourth-order valence-electron chi connectivity index (χ4n) is 2.45. The molecule has 128 valence electrons. The van der Waals surface area contributed by atoms with Gasteiger partial charge < -0.3 is 4.74 Å². The minimum absolute atomic E-state index is 0.382. The first kappa shape index (κ1) is 17.1. The van der Waals surface area contributed by atoms with Gasteiger partial charge in [0.1, 0.15) is 0 Å². The van der Waals surface area contributed by atoms with Gasteiger partial charge >= 0.3 is 0 Å². The van der Waals surface area contributed by atoms with Crippen molar-refractivity contribution in [1.29, 1.82) is 0 Å². The van der Waals surface area contributed by atoms with E-state index in [1.807, 2.05) is 37.3 Å². The number of carbonyl (C=O) groups is 1. The topological polar surface area (TPSA) is 100 Å². The van der Waals surface area contributed by atoms with Crippen LogP contribution in [0.4, 0.5) is 5.69 Å². The molecule has 0 fully saturated rings. The lowest BCUT2D eigenvalue weighted by Crippen LogP contribution is -2.14. The van der Waals surface area contributed by atoms with E-state index >= 15 is 0 Å². The number of aldehydes is 1. The van der Waals surface area contributed by atoms with Gasteiger partial charge in [-0.15, -0.1) is 0 Å². The average Bonchev–Trinajstić information content (AvgIpc) is 3.07. The molecule has 3 rings (SSSR count). The molecule has 1 aromatic heterocycles. The SMILES string of the molecule is CC(=Cc1ccc(N=[N+]=[N-])cc1)C=C1N=C(c2cccnc2)OC1C=O. The molecule has 2 aromatic rings. The number of azide groups is 1. The van der Waals surface area contributed by atoms with Gasteiger partial charge in [-0.3, -0.25) is 9.78 Å². The van der Waals surface area contributed by atoms with Crippen LogP contribution in [0, 0.1) is 0 Å². The molecule has 0 bridgehead atoms. The molecular weight excluding hydrogens is 330 g/mol. The summed E-state index contributed by atoms with van der Waals surface area (Å²) >= 11 is 0. The van der Waals surface area contributed by atoms with Crippen LogP contribution in [0.15, 0.2) is 76.2 Å². The highest BCUT2D eigenvalue weighted by Gasteiger charge is 2.25. The Morgan fingerprint density at radius 1 is 1.31 bits per heavy atom. The van der Waals surface area contributed by atoms with Crippen molar-refractivity contribution < 1.29 is 9.53 Å². The van der Waals surface area contributed by atoms with Gasteiger partial charge in [0.2, 0.25) is 5.90 Å². The summed E-state index contributed by atoms with van der Waals surface area (Å²) in [6, 6.07) is 10.8. The van der Waals surface area contributed by atoms with Crippen molar-refractivity contribution in [2.75, 3.05) is 0 Å². The molecule has 0 N–H and O–H groups in total. The largest absolute Gasteiger partial charge is 0.460 e. The minimum atomic E-state index is -0.735. The quantitative estimate of drug-likeness (QED) is 0.348. The van der Waals surface area contributed by atoms with Crippen LogP contribution in [0.3, 0.4) is 0 Å². The molecule has 0 amide bonds. The van der Waals surface area contributed by atoms with Crippen LogP contribution in [0.1, 0.15) is 18.1 Å². The lowest BCUT2D eigenvalue weighted by Gasteiger charge is -2.05. The fourth-order valence-corrected chi connectivity index (χ4v) is 2.45. The van der Waals surface area contributed by atoms with Crippen LogP contribution in [-0.4, -0.2) is 23.3 Å². The first-order valence-electron chi connectivity index (χ1n) is 7.85. The Balaban J connectivity index is 1.85. The van der Waals surface area contributed by atoms with Crippen LogP contribution >= 0.6 is 0 Å². The van der Waals surface area contributed by atoms with E-state index in [0.29, 0.717) is 17.3 Å². The predicted molar refractivity (Wildman–Crippen MR) is 98.7 cm³/mol. The lowest BCUT2D eigenvalue weighted by molar-refractivity contribution is -0.112. The van der Waals surface area contributed by atoms with Crippen molar-refractivity contribution in [3.63, 3.8) is 0 Å². The Kier molecular flexibility index (Phi) is 5.22. The van der Waals surface area contributed by atoms with Crippen molar-refractivity contribution >= 4 is 23.9 Å². The molecule has 1 aliphatic heterocycles. The zero-order valence-electron chi connectivity index (χ0n) is 14.0. The maximum Gasteiger partial charge on any atom is 0.223 e. The first-order chi connectivity index (χ1) is 12.7. The molecule has 0 aliphatic carbocycles. The molecule has 7 nitrogen and oxygen atoms in total. The average molecular weight is 345 g/mol. The summed E-state index contributed by atoms with van der Waals surface area (Å²) in [6.07, 6.45) is 7.03. The monoisotopic (exact) mass is 345 g/mol. The van der Waals surface area contributed by atoms with Gasteiger partial charge in [-0.25, -0.2) is 4.99 Å². The van der Waals surface area contributed by atoms with Crippen LogP contribution in [0.2, 0.25) is 0 Å². The summed E-state index contributed by atoms with van der Waals surface area (Å²) in [5.74, 6) is 0.382. The number of ether oxygens (including phenoxy) is 1. The summed E-state index contributed by atoms with van der Waals surface area (Å²) in [4.78, 5) is 22.5. The Morgan fingerprint density at radius 3 is 2.77 bits per heavy atom. The zero-order chi connectivity index (χ0) is 18.4. The van der Waals surface area contributed by atoms with Crippen molar-refractivity contribution in [3.05, 3.63) is 87.7 Å². The third-order valence-electron chi connectivity index (χ3n) is 3.62. The van der Waals surface area contributed by atoms with Gasteiger partial charge in [-0.05, 0) is 41.8 Å². The molecule has 2 heterocycles. The first-order valence-corrected chi connectivity index (χ1v) is 7.85. The van der Waals surface area contributed by atoms with E-state index in [9.17, 15) is 4.79 Å². The van der Waals surface area contributed by atoms with Gasteiger partial charge in [-0.1, -0.05) is 35.5 Å². The van der Waals surface area contributed by atoms with Crippen molar-refractivity contribution in [3.8, 4) is 0 Å². The predicted octanol–water partition coefficient (Wildman–Crippen LogP) is 4.36. The molecule has 1 aliphatic rings. The maximum atomic E-state index is 11.3. The molecule has 0 spiro atoms. The Labute approximate surface area is 150 Å². The molecule has 0 saturated heterocycles. The molecule has 0 radical (unpaired) electrons. The second-order valence-corrected chi connectivity index (χ2v) is 5.57. The molecule has 1 aromatic carbocycles. The highest BCUT2D eigenvalue weighted by Crippen LogP contribution is 2.22. The lowest BCUT2D eigenvalue weighted by atomic mass is 10.1. The van der Waals surface area contributed by atoms with E-state index in [1.165, 1.54) is 0 Å². The highest BCUT2D eigenvalue weighted by molar-refractivity contribution is 5.98. The molecule has 1 atom stereocenters. The van der Waals surface area contributed by atoms with Crippen LogP contribution in [-0.2, 0) is 9.53 Å². The van der Waals surface area contributed by atoms with E-state index in [1.54, 1.807) is 30.6 Å². The second-order valence-electron chi connectivity index (χ2n) is 5.57. The number of rotatable bonds is 5. The van der Waals surface area contributed by atoms with Crippen molar-refractivity contribution in [1.82, 2.24) is 4.98 Å². The van der Waals surface area contributed by atoms with Gasteiger partial charge in [-0.2, -0.15) is 0 Å². The molecule has 0 saturated carbocycles. The van der Waals surface area contributed by atoms with E-state index in [4.69, 9.17) is 10.3 Å². The summed E-state index contributed by atoms with van der Waals surface area (Å²) in [5, 5.41) is 3.54. The minimum Gasteiger partial charge on any atom is -0.460 e. The van der Waals surface area contributed by atoms with Crippen LogP contribution in [0.25, 0.3) is 16.5 Å². The number of aliphatic imine (C=N–C) groups is 1. The van der Waals surface area contributed by atoms with Crippen molar-refractivity contribution in [2.45, 2.75) is 13.0 Å². The van der Waals surface area contributed by atoms with Gasteiger partial charge in [0, 0.05) is 23.0 Å². The zero-order valence-corrected chi connectivity index (χ0v) is 14.0. The van der Waals surface area contributed by atoms with E-state index < -0.39 is 6.10 Å².